The van der Waals surface area contributed by atoms with Crippen LogP contribution in [-0.4, -0.2) is 32.6 Å². The maximum atomic E-state index is 12.2. The molecule has 0 saturated carbocycles. The van der Waals surface area contributed by atoms with Gasteiger partial charge in [-0.3, -0.25) is 4.79 Å². The molecule has 0 aromatic heterocycles. The van der Waals surface area contributed by atoms with Crippen LogP contribution in [0.25, 0.3) is 0 Å². The Morgan fingerprint density at radius 3 is 2.50 bits per heavy atom. The van der Waals surface area contributed by atoms with Crippen molar-refractivity contribution < 1.29 is 23.1 Å². The van der Waals surface area contributed by atoms with E-state index in [9.17, 15) is 13.2 Å². The summed E-state index contributed by atoms with van der Waals surface area (Å²) in [5, 5.41) is 8.80. The van der Waals surface area contributed by atoms with Crippen molar-refractivity contribution in [3.05, 3.63) is 23.3 Å². The first kappa shape index (κ1) is 16.5. The van der Waals surface area contributed by atoms with Gasteiger partial charge in [0.25, 0.3) is 0 Å². The number of rotatable bonds is 6. The second-order valence-corrected chi connectivity index (χ2v) is 6.15. The minimum absolute atomic E-state index is 0.0725. The summed E-state index contributed by atoms with van der Waals surface area (Å²) >= 11 is 0. The molecule has 0 aliphatic rings. The third-order valence-electron chi connectivity index (χ3n) is 2.95. The molecule has 0 heterocycles. The third kappa shape index (κ3) is 3.49. The van der Waals surface area contributed by atoms with Gasteiger partial charge in [-0.05, 0) is 43.5 Å². The number of carbonyl (C=O) groups is 1. The van der Waals surface area contributed by atoms with Gasteiger partial charge in [0.1, 0.15) is 11.8 Å². The number of methoxy groups -OCH3 is 1. The van der Waals surface area contributed by atoms with Gasteiger partial charge in [0.15, 0.2) is 0 Å². The molecule has 0 bridgehead atoms. The van der Waals surface area contributed by atoms with Crippen molar-refractivity contribution in [2.24, 2.45) is 0 Å². The highest BCUT2D eigenvalue weighted by Crippen LogP contribution is 2.26. The van der Waals surface area contributed by atoms with Crippen LogP contribution in [0.1, 0.15) is 25.0 Å². The van der Waals surface area contributed by atoms with Crippen LogP contribution < -0.4 is 9.46 Å². The van der Waals surface area contributed by atoms with Crippen molar-refractivity contribution in [1.82, 2.24) is 4.72 Å². The van der Waals surface area contributed by atoms with Crippen molar-refractivity contribution in [3.8, 4) is 5.75 Å². The van der Waals surface area contributed by atoms with E-state index >= 15 is 0 Å². The zero-order valence-electron chi connectivity index (χ0n) is 11.9. The molecule has 6 nitrogen and oxygen atoms in total. The van der Waals surface area contributed by atoms with Crippen LogP contribution >= 0.6 is 0 Å². The van der Waals surface area contributed by atoms with Gasteiger partial charge in [0, 0.05) is 0 Å². The smallest absolute Gasteiger partial charge is 0.321 e. The lowest BCUT2D eigenvalue weighted by atomic mass is 10.1. The molecule has 2 N–H and O–H groups in total. The van der Waals surface area contributed by atoms with Crippen LogP contribution in [0, 0.1) is 6.92 Å². The Morgan fingerprint density at radius 1 is 1.45 bits per heavy atom. The zero-order chi connectivity index (χ0) is 15.5. The Hall–Kier alpha value is -1.60. The van der Waals surface area contributed by atoms with E-state index in [2.05, 4.69) is 4.72 Å². The Kier molecular flexibility index (Phi) is 5.13. The Morgan fingerprint density at radius 2 is 2.05 bits per heavy atom. The fourth-order valence-corrected chi connectivity index (χ4v) is 3.28. The number of carboxylic acids is 1. The van der Waals surface area contributed by atoms with Gasteiger partial charge in [-0.15, -0.1) is 0 Å². The number of aliphatic carboxylic acids is 1. The van der Waals surface area contributed by atoms with E-state index < -0.39 is 22.0 Å². The first-order valence-electron chi connectivity index (χ1n) is 6.15. The average molecular weight is 301 g/mol. The lowest BCUT2D eigenvalue weighted by molar-refractivity contribution is -0.138. The fraction of sp³-hybridized carbons (Fsp3) is 0.462. The molecule has 0 radical (unpaired) electrons. The maximum Gasteiger partial charge on any atom is 0.321 e. The van der Waals surface area contributed by atoms with Crippen molar-refractivity contribution in [1.29, 1.82) is 0 Å². The van der Waals surface area contributed by atoms with E-state index in [0.717, 1.165) is 5.56 Å². The molecule has 0 saturated heterocycles. The Bertz CT molecular complexity index is 609. The number of ether oxygens (including phenoxy) is 1. The molecule has 0 unspecified atom stereocenters. The summed E-state index contributed by atoms with van der Waals surface area (Å²) < 4.78 is 31.8. The van der Waals surface area contributed by atoms with E-state index in [-0.39, 0.29) is 4.90 Å². The topological polar surface area (TPSA) is 92.7 Å². The fourth-order valence-electron chi connectivity index (χ4n) is 1.81. The van der Waals surface area contributed by atoms with Crippen molar-refractivity contribution in [2.75, 3.05) is 7.11 Å². The normalized spacial score (nSPS) is 13.0. The van der Waals surface area contributed by atoms with Gasteiger partial charge < -0.3 is 9.84 Å². The SMILES string of the molecule is CCc1cc(S(=O)(=O)N[C@H](C)C(=O)O)c(C)cc1OC. The second-order valence-electron chi connectivity index (χ2n) is 4.46. The van der Waals surface area contributed by atoms with Crippen molar-refractivity contribution in [2.45, 2.75) is 38.1 Å². The molecule has 1 atom stereocenters. The molecular formula is C13H19NO5S. The molecule has 0 aliphatic heterocycles. The number of carboxylic acid groups (broad SMARTS) is 1. The van der Waals surface area contributed by atoms with E-state index in [0.29, 0.717) is 17.7 Å². The van der Waals surface area contributed by atoms with Crippen LogP contribution in [0.2, 0.25) is 0 Å². The molecule has 20 heavy (non-hydrogen) atoms. The first-order chi connectivity index (χ1) is 9.22. The highest BCUT2D eigenvalue weighted by molar-refractivity contribution is 7.89. The number of benzene rings is 1. The Labute approximate surface area is 118 Å². The van der Waals surface area contributed by atoms with E-state index in [1.54, 1.807) is 13.0 Å². The summed E-state index contributed by atoms with van der Waals surface area (Å²) in [5.74, 6) is -0.606. The maximum absolute atomic E-state index is 12.2. The molecule has 1 rings (SSSR count). The van der Waals surface area contributed by atoms with Gasteiger partial charge >= 0.3 is 5.97 Å². The van der Waals surface area contributed by atoms with Crippen molar-refractivity contribution >= 4 is 16.0 Å². The number of hydrogen-bond donors (Lipinski definition) is 2. The first-order valence-corrected chi connectivity index (χ1v) is 7.63. The van der Waals surface area contributed by atoms with Crippen LogP contribution in [0.3, 0.4) is 0 Å². The number of hydrogen-bond acceptors (Lipinski definition) is 4. The van der Waals surface area contributed by atoms with E-state index in [1.807, 2.05) is 6.92 Å². The highest BCUT2D eigenvalue weighted by Gasteiger charge is 2.24. The second kappa shape index (κ2) is 6.23. The highest BCUT2D eigenvalue weighted by atomic mass is 32.2. The number of aryl methyl sites for hydroxylation is 2. The van der Waals surface area contributed by atoms with Crippen LogP contribution in [-0.2, 0) is 21.2 Å². The molecule has 0 amide bonds. The predicted molar refractivity (Wildman–Crippen MR) is 74.5 cm³/mol. The van der Waals surface area contributed by atoms with E-state index in [4.69, 9.17) is 9.84 Å². The van der Waals surface area contributed by atoms with Crippen molar-refractivity contribution in [3.63, 3.8) is 0 Å². The summed E-state index contributed by atoms with van der Waals surface area (Å²) in [6.45, 7) is 4.80. The Balaban J connectivity index is 3.28. The summed E-state index contributed by atoms with van der Waals surface area (Å²) in [6.07, 6.45) is 0.612. The van der Waals surface area contributed by atoms with Gasteiger partial charge in [0.05, 0.1) is 12.0 Å². The molecule has 1 aromatic rings. The van der Waals surface area contributed by atoms with Gasteiger partial charge in [0.2, 0.25) is 10.0 Å². The van der Waals surface area contributed by atoms with Gasteiger partial charge in [-0.2, -0.15) is 4.72 Å². The summed E-state index contributed by atoms with van der Waals surface area (Å²) in [5.41, 5.74) is 1.26. The average Bonchev–Trinajstić information content (AvgIpc) is 2.37. The monoisotopic (exact) mass is 301 g/mol. The number of sulfonamides is 1. The minimum atomic E-state index is -3.88. The zero-order valence-corrected chi connectivity index (χ0v) is 12.7. The van der Waals surface area contributed by atoms with Crippen LogP contribution in [0.15, 0.2) is 17.0 Å². The molecule has 7 heteroatoms. The summed E-state index contributed by atoms with van der Waals surface area (Å²) in [4.78, 5) is 10.8. The standard InChI is InChI=1S/C13H19NO5S/c1-5-10-7-12(8(2)6-11(10)19-4)20(17,18)14-9(3)13(15)16/h6-7,9,14H,5H2,1-4H3,(H,15,16)/t9-/m1/s1. The lowest BCUT2D eigenvalue weighted by Gasteiger charge is -2.15. The largest absolute Gasteiger partial charge is 0.496 e. The number of nitrogens with one attached hydrogen (secondary N) is 1. The summed E-state index contributed by atoms with van der Waals surface area (Å²) in [7, 11) is -2.36. The quantitative estimate of drug-likeness (QED) is 0.826. The molecular weight excluding hydrogens is 282 g/mol. The molecule has 0 spiro atoms. The summed E-state index contributed by atoms with van der Waals surface area (Å²) in [6, 6.07) is 1.97. The molecule has 0 fully saturated rings. The van der Waals surface area contributed by atoms with Crippen LogP contribution in [0.4, 0.5) is 0 Å². The molecule has 0 aliphatic carbocycles. The van der Waals surface area contributed by atoms with Gasteiger partial charge in [-0.25, -0.2) is 8.42 Å². The lowest BCUT2D eigenvalue weighted by Crippen LogP contribution is -2.38. The molecule has 1 aromatic carbocycles. The van der Waals surface area contributed by atoms with Gasteiger partial charge in [-0.1, -0.05) is 6.92 Å². The predicted octanol–water partition coefficient (Wildman–Crippen LogP) is 1.32. The van der Waals surface area contributed by atoms with E-state index in [1.165, 1.54) is 20.1 Å². The third-order valence-corrected chi connectivity index (χ3v) is 4.63. The minimum Gasteiger partial charge on any atom is -0.496 e. The molecule has 112 valence electrons. The van der Waals surface area contributed by atoms with Crippen LogP contribution in [0.5, 0.6) is 5.75 Å².